The number of carbonyl (C=O) groups is 3. The molecule has 2 amide bonds. The van der Waals surface area contributed by atoms with Gasteiger partial charge in [0.1, 0.15) is 6.04 Å². The van der Waals surface area contributed by atoms with Crippen LogP contribution >= 0.6 is 11.3 Å². The molecule has 4 aromatic rings. The fraction of sp³-hybridized carbons (Fsp3) is 0.138. The van der Waals surface area contributed by atoms with E-state index in [1.54, 1.807) is 24.3 Å². The Balaban J connectivity index is 1.75. The van der Waals surface area contributed by atoms with E-state index in [1.165, 1.54) is 23.2 Å². The van der Waals surface area contributed by atoms with Gasteiger partial charge in [-0.2, -0.15) is 0 Å². The van der Waals surface area contributed by atoms with Gasteiger partial charge in [0.15, 0.2) is 5.78 Å². The van der Waals surface area contributed by atoms with Crippen molar-refractivity contribution in [1.29, 1.82) is 0 Å². The Morgan fingerprint density at radius 2 is 1.57 bits per heavy atom. The summed E-state index contributed by atoms with van der Waals surface area (Å²) in [6, 6.07) is 28.7. The molecule has 0 aliphatic rings. The zero-order valence-electron chi connectivity index (χ0n) is 19.4. The van der Waals surface area contributed by atoms with Crippen LogP contribution in [0.15, 0.2) is 102 Å². The van der Waals surface area contributed by atoms with Crippen LogP contribution in [0.25, 0.3) is 0 Å². The van der Waals surface area contributed by atoms with Gasteiger partial charge in [0.25, 0.3) is 0 Å². The van der Waals surface area contributed by atoms with E-state index >= 15 is 0 Å². The van der Waals surface area contributed by atoms with Crippen LogP contribution in [0.2, 0.25) is 0 Å². The van der Waals surface area contributed by atoms with E-state index in [-0.39, 0.29) is 24.0 Å². The molecular weight excluding hydrogens is 456 g/mol. The molecule has 176 valence electrons. The van der Waals surface area contributed by atoms with E-state index in [1.807, 2.05) is 78.2 Å². The van der Waals surface area contributed by atoms with Crippen LogP contribution in [0.5, 0.6) is 0 Å². The van der Waals surface area contributed by atoms with Crippen molar-refractivity contribution in [2.45, 2.75) is 25.9 Å². The molecule has 1 heterocycles. The predicted molar refractivity (Wildman–Crippen MR) is 139 cm³/mol. The molecule has 5 nitrogen and oxygen atoms in total. The number of anilines is 1. The first kappa shape index (κ1) is 24.1. The molecule has 1 aromatic heterocycles. The smallest absolute Gasteiger partial charge is 0.248 e. The van der Waals surface area contributed by atoms with Gasteiger partial charge >= 0.3 is 0 Å². The summed E-state index contributed by atoms with van der Waals surface area (Å²) in [4.78, 5) is 42.0. The van der Waals surface area contributed by atoms with Crippen molar-refractivity contribution in [2.24, 2.45) is 0 Å². The van der Waals surface area contributed by atoms with Gasteiger partial charge in [0.2, 0.25) is 11.8 Å². The molecule has 0 saturated carbocycles. The molecule has 1 atom stereocenters. The lowest BCUT2D eigenvalue weighted by atomic mass is 10.0. The fourth-order valence-electron chi connectivity index (χ4n) is 3.89. The Bertz CT molecular complexity index is 1290. The first-order chi connectivity index (χ1) is 17.0. The number of hydrogen-bond donors (Lipinski definition) is 1. The van der Waals surface area contributed by atoms with E-state index in [9.17, 15) is 14.4 Å². The summed E-state index contributed by atoms with van der Waals surface area (Å²) in [5.74, 6) is -0.632. The summed E-state index contributed by atoms with van der Waals surface area (Å²) in [6.45, 7) is 1.82. The van der Waals surface area contributed by atoms with E-state index in [2.05, 4.69) is 5.32 Å². The van der Waals surface area contributed by atoms with Gasteiger partial charge in [-0.1, -0.05) is 78.9 Å². The number of hydrogen-bond acceptors (Lipinski definition) is 4. The number of amides is 2. The van der Waals surface area contributed by atoms with Crippen LogP contribution in [0.3, 0.4) is 0 Å². The molecule has 3 aromatic carbocycles. The molecular formula is C29H26N2O3S. The zero-order chi connectivity index (χ0) is 24.6. The number of nitrogens with zero attached hydrogens (tertiary/aromatic N) is 1. The van der Waals surface area contributed by atoms with Gasteiger partial charge in [-0.15, -0.1) is 11.3 Å². The number of benzene rings is 3. The lowest BCUT2D eigenvalue weighted by molar-refractivity contribution is -0.126. The molecule has 0 aliphatic carbocycles. The van der Waals surface area contributed by atoms with Crippen molar-refractivity contribution in [3.05, 3.63) is 124 Å². The van der Waals surface area contributed by atoms with Crippen LogP contribution in [-0.4, -0.2) is 17.6 Å². The molecule has 0 spiro atoms. The van der Waals surface area contributed by atoms with Crippen LogP contribution in [0.4, 0.5) is 5.69 Å². The Morgan fingerprint density at radius 3 is 2.23 bits per heavy atom. The highest BCUT2D eigenvalue weighted by atomic mass is 32.1. The summed E-state index contributed by atoms with van der Waals surface area (Å²) in [5, 5.41) is 4.92. The maximum Gasteiger partial charge on any atom is 0.248 e. The van der Waals surface area contributed by atoms with Gasteiger partial charge in [-0.25, -0.2) is 0 Å². The second kappa shape index (κ2) is 11.4. The number of rotatable bonds is 9. The van der Waals surface area contributed by atoms with Gasteiger partial charge in [-0.05, 0) is 41.6 Å². The highest BCUT2D eigenvalue weighted by molar-refractivity contribution is 7.10. The van der Waals surface area contributed by atoms with E-state index in [4.69, 9.17) is 0 Å². The highest BCUT2D eigenvalue weighted by Gasteiger charge is 2.33. The average molecular weight is 483 g/mol. The molecule has 0 radical (unpaired) electrons. The number of ketones is 1. The van der Waals surface area contributed by atoms with Crippen LogP contribution < -0.4 is 10.2 Å². The van der Waals surface area contributed by atoms with Gasteiger partial charge in [0, 0.05) is 22.7 Å². The normalized spacial score (nSPS) is 11.5. The van der Waals surface area contributed by atoms with E-state index < -0.39 is 6.04 Å². The van der Waals surface area contributed by atoms with Crippen molar-refractivity contribution in [3.63, 3.8) is 0 Å². The molecule has 0 bridgehead atoms. The second-order valence-corrected chi connectivity index (χ2v) is 9.18. The van der Waals surface area contributed by atoms with Crippen molar-refractivity contribution in [2.75, 3.05) is 4.90 Å². The number of Topliss-reactive ketones (excluding diaryl/α,β-unsaturated/α-hetero) is 1. The molecule has 4 rings (SSSR count). The lowest BCUT2D eigenvalue weighted by Crippen LogP contribution is -2.44. The summed E-state index contributed by atoms with van der Waals surface area (Å²) < 4.78 is 0. The standard InChI is InChI=1S/C29H26N2O3S/c1-21(32)24-14-8-15-25(18-24)31(27(33)19-26-16-9-17-35-26)28(23-12-6-3-7-13-23)29(34)30-20-22-10-4-2-5-11-22/h2-18,28H,19-20H2,1H3,(H,30,34). The van der Waals surface area contributed by atoms with Crippen molar-refractivity contribution in [3.8, 4) is 0 Å². The van der Waals surface area contributed by atoms with E-state index in [0.29, 0.717) is 23.4 Å². The van der Waals surface area contributed by atoms with Crippen LogP contribution in [-0.2, 0) is 22.6 Å². The topological polar surface area (TPSA) is 66.5 Å². The van der Waals surface area contributed by atoms with Crippen LogP contribution in [0.1, 0.15) is 39.3 Å². The lowest BCUT2D eigenvalue weighted by Gasteiger charge is -2.32. The maximum absolute atomic E-state index is 13.8. The maximum atomic E-state index is 13.8. The van der Waals surface area contributed by atoms with Gasteiger partial charge in [-0.3, -0.25) is 19.3 Å². The molecule has 0 saturated heterocycles. The third-order valence-corrected chi connectivity index (χ3v) is 6.51. The summed E-state index contributed by atoms with van der Waals surface area (Å²) in [7, 11) is 0. The summed E-state index contributed by atoms with van der Waals surface area (Å²) in [6.07, 6.45) is 0.150. The Hall–Kier alpha value is -4.03. The molecule has 1 N–H and O–H groups in total. The van der Waals surface area contributed by atoms with Gasteiger partial charge in [0.05, 0.1) is 6.42 Å². The first-order valence-electron chi connectivity index (χ1n) is 11.3. The minimum absolute atomic E-state index is 0.109. The monoisotopic (exact) mass is 482 g/mol. The van der Waals surface area contributed by atoms with E-state index in [0.717, 1.165) is 10.4 Å². The largest absolute Gasteiger partial charge is 0.350 e. The van der Waals surface area contributed by atoms with Crippen molar-refractivity contribution in [1.82, 2.24) is 5.32 Å². The molecule has 6 heteroatoms. The number of thiophene rings is 1. The van der Waals surface area contributed by atoms with Gasteiger partial charge < -0.3 is 5.32 Å². The van der Waals surface area contributed by atoms with Crippen molar-refractivity contribution < 1.29 is 14.4 Å². The minimum atomic E-state index is -0.908. The Morgan fingerprint density at radius 1 is 0.857 bits per heavy atom. The third-order valence-electron chi connectivity index (χ3n) is 5.64. The SMILES string of the molecule is CC(=O)c1cccc(N(C(=O)Cc2cccs2)C(C(=O)NCc2ccccc2)c2ccccc2)c1. The fourth-order valence-corrected chi connectivity index (χ4v) is 4.59. The molecule has 1 unspecified atom stereocenters. The zero-order valence-corrected chi connectivity index (χ0v) is 20.2. The Labute approximate surface area is 209 Å². The van der Waals surface area contributed by atoms with Crippen molar-refractivity contribution >= 4 is 34.6 Å². The highest BCUT2D eigenvalue weighted by Crippen LogP contribution is 2.30. The minimum Gasteiger partial charge on any atom is -0.350 e. The Kier molecular flexibility index (Phi) is 7.85. The molecule has 0 aliphatic heterocycles. The molecule has 0 fully saturated rings. The quantitative estimate of drug-likeness (QED) is 0.317. The number of carbonyl (C=O) groups excluding carboxylic acids is 3. The first-order valence-corrected chi connectivity index (χ1v) is 12.2. The third kappa shape index (κ3) is 6.11. The number of nitrogens with one attached hydrogen (secondary N) is 1. The second-order valence-electron chi connectivity index (χ2n) is 8.14. The predicted octanol–water partition coefficient (Wildman–Crippen LogP) is 5.58. The summed E-state index contributed by atoms with van der Waals surface area (Å²) >= 11 is 1.49. The van der Waals surface area contributed by atoms with Crippen LogP contribution in [0, 0.1) is 0 Å². The average Bonchev–Trinajstić information content (AvgIpc) is 3.40. The summed E-state index contributed by atoms with van der Waals surface area (Å²) in [5.41, 5.74) is 2.63. The molecule has 35 heavy (non-hydrogen) atoms.